The third-order valence-electron chi connectivity index (χ3n) is 3.31. The number of hydrogen-bond donors (Lipinski definition) is 0. The molecule has 0 N–H and O–H groups in total. The van der Waals surface area contributed by atoms with E-state index in [1.165, 1.54) is 39.5 Å². The summed E-state index contributed by atoms with van der Waals surface area (Å²) in [5.74, 6) is 0.796. The molecule has 0 saturated heterocycles. The molecule has 0 unspecified atom stereocenters. The summed E-state index contributed by atoms with van der Waals surface area (Å²) < 4.78 is 3.52. The zero-order chi connectivity index (χ0) is 10.6. The van der Waals surface area contributed by atoms with Crippen molar-refractivity contribution in [1.29, 1.82) is 0 Å². The lowest BCUT2D eigenvalue weighted by atomic mass is 10.1. The summed E-state index contributed by atoms with van der Waals surface area (Å²) in [6.07, 6.45) is 2.71. The number of aryl methyl sites for hydroxylation is 2. The zero-order valence-electron chi connectivity index (χ0n) is 9.05. The van der Waals surface area contributed by atoms with E-state index in [2.05, 4.69) is 52.7 Å². The summed E-state index contributed by atoms with van der Waals surface area (Å²) in [4.78, 5) is 0. The molecule has 1 fully saturated rings. The molecule has 2 aromatic rings. The molecule has 1 saturated carbocycles. The second kappa shape index (κ2) is 3.11. The molecule has 15 heavy (non-hydrogen) atoms. The Morgan fingerprint density at radius 2 is 2.07 bits per heavy atom. The van der Waals surface area contributed by atoms with Gasteiger partial charge in [0.15, 0.2) is 0 Å². The van der Waals surface area contributed by atoms with Crippen molar-refractivity contribution in [2.45, 2.75) is 25.7 Å². The summed E-state index contributed by atoms with van der Waals surface area (Å²) in [6, 6.07) is 6.72. The third kappa shape index (κ3) is 1.35. The number of fused-ring (bicyclic) bond motifs is 1. The normalized spacial score (nSPS) is 16.2. The molecule has 1 aliphatic carbocycles. The molecule has 0 atom stereocenters. The third-order valence-corrected chi connectivity index (χ3v) is 4.27. The average molecular weight is 264 g/mol. The van der Waals surface area contributed by atoms with Crippen LogP contribution in [0.25, 0.3) is 10.9 Å². The molecular formula is C13H14BrN. The van der Waals surface area contributed by atoms with Crippen LogP contribution >= 0.6 is 15.9 Å². The van der Waals surface area contributed by atoms with Crippen LogP contribution < -0.4 is 0 Å². The van der Waals surface area contributed by atoms with Gasteiger partial charge in [0.25, 0.3) is 0 Å². The van der Waals surface area contributed by atoms with Crippen LogP contribution in [0.15, 0.2) is 22.8 Å². The van der Waals surface area contributed by atoms with E-state index in [1.807, 2.05) is 0 Å². The summed E-state index contributed by atoms with van der Waals surface area (Å²) in [5, 5.41) is 1.44. The van der Waals surface area contributed by atoms with Gasteiger partial charge in [-0.25, -0.2) is 0 Å². The fourth-order valence-corrected chi connectivity index (χ4v) is 3.04. The fraction of sp³-hybridized carbons (Fsp3) is 0.385. The van der Waals surface area contributed by atoms with Gasteiger partial charge in [-0.1, -0.05) is 11.6 Å². The van der Waals surface area contributed by atoms with Gasteiger partial charge in [-0.3, -0.25) is 0 Å². The Balaban J connectivity index is 2.40. The topological polar surface area (TPSA) is 4.93 Å². The number of rotatable bonds is 1. The van der Waals surface area contributed by atoms with Crippen LogP contribution in [-0.2, 0) is 7.05 Å². The van der Waals surface area contributed by atoms with Gasteiger partial charge >= 0.3 is 0 Å². The van der Waals surface area contributed by atoms with Crippen LogP contribution in [-0.4, -0.2) is 4.57 Å². The highest BCUT2D eigenvalue weighted by atomic mass is 79.9. The predicted molar refractivity (Wildman–Crippen MR) is 67.3 cm³/mol. The first kappa shape index (κ1) is 9.46. The van der Waals surface area contributed by atoms with Crippen molar-refractivity contribution < 1.29 is 0 Å². The van der Waals surface area contributed by atoms with E-state index in [9.17, 15) is 0 Å². The minimum absolute atomic E-state index is 0.796. The lowest BCUT2D eigenvalue weighted by Crippen LogP contribution is -1.87. The monoisotopic (exact) mass is 263 g/mol. The van der Waals surface area contributed by atoms with Gasteiger partial charge in [0, 0.05) is 18.0 Å². The van der Waals surface area contributed by atoms with Crippen molar-refractivity contribution in [2.24, 2.45) is 7.05 Å². The standard InChI is InChI=1S/C13H14BrN/c1-8-3-6-11-10(7-8)12(9-4-5-9)13(14)15(11)2/h3,6-7,9H,4-5H2,1-2H3. The Morgan fingerprint density at radius 3 is 2.73 bits per heavy atom. The van der Waals surface area contributed by atoms with Crippen LogP contribution in [0.4, 0.5) is 0 Å². The number of benzene rings is 1. The SMILES string of the molecule is Cc1ccc2c(c1)c(C1CC1)c(Br)n2C. The minimum atomic E-state index is 0.796. The lowest BCUT2D eigenvalue weighted by Gasteiger charge is -1.97. The number of hydrogen-bond acceptors (Lipinski definition) is 0. The quantitative estimate of drug-likeness (QED) is 0.730. The lowest BCUT2D eigenvalue weighted by molar-refractivity contribution is 0.921. The van der Waals surface area contributed by atoms with E-state index in [0.29, 0.717) is 0 Å². The molecule has 2 heteroatoms. The molecule has 0 amide bonds. The van der Waals surface area contributed by atoms with Gasteiger partial charge in [0.1, 0.15) is 0 Å². The minimum Gasteiger partial charge on any atom is -0.338 e. The van der Waals surface area contributed by atoms with Crippen molar-refractivity contribution in [3.63, 3.8) is 0 Å². The highest BCUT2D eigenvalue weighted by Crippen LogP contribution is 2.47. The van der Waals surface area contributed by atoms with Crippen molar-refractivity contribution in [3.05, 3.63) is 33.9 Å². The molecule has 78 valence electrons. The Hall–Kier alpha value is -0.760. The second-order valence-corrected chi connectivity index (χ2v) is 5.31. The van der Waals surface area contributed by atoms with E-state index < -0.39 is 0 Å². The first-order chi connectivity index (χ1) is 7.18. The molecule has 1 aromatic carbocycles. The van der Waals surface area contributed by atoms with Gasteiger partial charge in [-0.15, -0.1) is 0 Å². The Labute approximate surface area is 98.2 Å². The molecule has 0 aliphatic heterocycles. The van der Waals surface area contributed by atoms with Crippen molar-refractivity contribution >= 4 is 26.8 Å². The van der Waals surface area contributed by atoms with Gasteiger partial charge < -0.3 is 4.57 Å². The maximum absolute atomic E-state index is 3.72. The molecule has 0 radical (unpaired) electrons. The van der Waals surface area contributed by atoms with Gasteiger partial charge in [-0.05, 0) is 59.3 Å². The summed E-state index contributed by atoms with van der Waals surface area (Å²) in [7, 11) is 2.13. The second-order valence-electron chi connectivity index (χ2n) is 4.56. The first-order valence-corrected chi connectivity index (χ1v) is 6.22. The number of nitrogens with zero attached hydrogens (tertiary/aromatic N) is 1. The van der Waals surface area contributed by atoms with Crippen LogP contribution in [0, 0.1) is 6.92 Å². The van der Waals surface area contributed by atoms with E-state index in [4.69, 9.17) is 0 Å². The molecule has 1 aliphatic rings. The smallest absolute Gasteiger partial charge is 0.0890 e. The first-order valence-electron chi connectivity index (χ1n) is 5.43. The van der Waals surface area contributed by atoms with Crippen molar-refractivity contribution in [1.82, 2.24) is 4.57 Å². The molecule has 1 heterocycles. The van der Waals surface area contributed by atoms with Crippen LogP contribution in [0.1, 0.15) is 29.9 Å². The largest absolute Gasteiger partial charge is 0.338 e. The van der Waals surface area contributed by atoms with Crippen LogP contribution in [0.2, 0.25) is 0 Å². The summed E-state index contributed by atoms with van der Waals surface area (Å²) >= 11 is 3.72. The Morgan fingerprint density at radius 1 is 1.33 bits per heavy atom. The van der Waals surface area contributed by atoms with Crippen molar-refractivity contribution in [2.75, 3.05) is 0 Å². The molecule has 0 bridgehead atoms. The molecule has 0 spiro atoms. The number of aromatic nitrogens is 1. The summed E-state index contributed by atoms with van der Waals surface area (Å²) in [6.45, 7) is 2.16. The number of halogens is 1. The average Bonchev–Trinajstić information content (AvgIpc) is 2.98. The molecular weight excluding hydrogens is 250 g/mol. The molecule has 1 aromatic heterocycles. The highest BCUT2D eigenvalue weighted by Gasteiger charge is 2.29. The van der Waals surface area contributed by atoms with E-state index in [-0.39, 0.29) is 0 Å². The molecule has 3 rings (SSSR count). The Bertz CT molecular complexity index is 535. The van der Waals surface area contributed by atoms with E-state index >= 15 is 0 Å². The predicted octanol–water partition coefficient (Wildman–Crippen LogP) is 4.13. The zero-order valence-corrected chi connectivity index (χ0v) is 10.6. The maximum Gasteiger partial charge on any atom is 0.0890 e. The van der Waals surface area contributed by atoms with Gasteiger partial charge in [0.2, 0.25) is 0 Å². The van der Waals surface area contributed by atoms with Crippen molar-refractivity contribution in [3.8, 4) is 0 Å². The maximum atomic E-state index is 3.72. The molecule has 1 nitrogen and oxygen atoms in total. The van der Waals surface area contributed by atoms with E-state index in [0.717, 1.165) is 5.92 Å². The van der Waals surface area contributed by atoms with Crippen LogP contribution in [0.5, 0.6) is 0 Å². The van der Waals surface area contributed by atoms with E-state index in [1.54, 1.807) is 0 Å². The van der Waals surface area contributed by atoms with Crippen LogP contribution in [0.3, 0.4) is 0 Å². The summed E-state index contributed by atoms with van der Waals surface area (Å²) in [5.41, 5.74) is 4.22. The Kier molecular flexibility index (Phi) is 1.96. The fourth-order valence-electron chi connectivity index (χ4n) is 2.32. The van der Waals surface area contributed by atoms with Gasteiger partial charge in [-0.2, -0.15) is 0 Å². The van der Waals surface area contributed by atoms with Gasteiger partial charge in [0.05, 0.1) is 4.60 Å². The highest BCUT2D eigenvalue weighted by molar-refractivity contribution is 9.10.